The fourth-order valence-corrected chi connectivity index (χ4v) is 4.86. The number of para-hydroxylation sites is 1. The molecule has 0 spiro atoms. The van der Waals surface area contributed by atoms with E-state index in [4.69, 9.17) is 0 Å². The molecule has 1 aliphatic rings. The number of rotatable bonds is 5. The summed E-state index contributed by atoms with van der Waals surface area (Å²) in [7, 11) is 0. The van der Waals surface area contributed by atoms with Crippen molar-refractivity contribution in [3.05, 3.63) is 77.9 Å². The van der Waals surface area contributed by atoms with E-state index >= 15 is 0 Å². The van der Waals surface area contributed by atoms with Crippen molar-refractivity contribution in [3.8, 4) is 0 Å². The lowest BCUT2D eigenvalue weighted by atomic mass is 9.83. The van der Waals surface area contributed by atoms with Gasteiger partial charge < -0.3 is 4.90 Å². The van der Waals surface area contributed by atoms with Gasteiger partial charge >= 0.3 is 0 Å². The molecule has 1 heterocycles. The molecule has 2 atom stereocenters. The van der Waals surface area contributed by atoms with E-state index in [0.29, 0.717) is 5.92 Å². The molecular formula is C26H29NO. The van der Waals surface area contributed by atoms with Crippen LogP contribution in [0.1, 0.15) is 55.5 Å². The third kappa shape index (κ3) is 3.32. The number of carbonyl (C=O) groups is 1. The standard InChI is InChI=1S/C26H29NO/c1-3-10-19(4-2)25-18-17-21-12-6-8-16-24(21)27(25)26(28)23-15-9-13-20-11-5-7-14-22(20)23/h5-9,11-16,19,25H,3-4,10,17-18H2,1-2H3/t19-,25+/m1/s1. The van der Waals surface area contributed by atoms with Gasteiger partial charge in [-0.05, 0) is 53.6 Å². The molecule has 0 saturated heterocycles. The summed E-state index contributed by atoms with van der Waals surface area (Å²) in [6.45, 7) is 4.51. The molecule has 4 rings (SSSR count). The number of hydrogen-bond donors (Lipinski definition) is 0. The van der Waals surface area contributed by atoms with Crippen LogP contribution >= 0.6 is 0 Å². The average molecular weight is 372 g/mol. The van der Waals surface area contributed by atoms with Gasteiger partial charge in [0.05, 0.1) is 0 Å². The van der Waals surface area contributed by atoms with E-state index in [1.54, 1.807) is 0 Å². The number of amides is 1. The molecule has 2 nitrogen and oxygen atoms in total. The van der Waals surface area contributed by atoms with Crippen LogP contribution in [0.25, 0.3) is 10.8 Å². The first kappa shape index (κ1) is 18.7. The number of fused-ring (bicyclic) bond motifs is 2. The van der Waals surface area contributed by atoms with Crippen molar-refractivity contribution in [1.29, 1.82) is 0 Å². The SMILES string of the molecule is CCC[C@@H](CC)[C@@H]1CCc2ccccc2N1C(=O)c1cccc2ccccc12. The summed E-state index contributed by atoms with van der Waals surface area (Å²) in [4.78, 5) is 16.1. The van der Waals surface area contributed by atoms with Crippen molar-refractivity contribution < 1.29 is 4.79 Å². The highest BCUT2D eigenvalue weighted by Gasteiger charge is 2.35. The van der Waals surface area contributed by atoms with Crippen molar-refractivity contribution in [2.45, 2.75) is 52.0 Å². The van der Waals surface area contributed by atoms with Crippen LogP contribution in [0.2, 0.25) is 0 Å². The van der Waals surface area contributed by atoms with Crippen LogP contribution in [-0.2, 0) is 6.42 Å². The molecular weight excluding hydrogens is 342 g/mol. The van der Waals surface area contributed by atoms with Gasteiger partial charge in [0, 0.05) is 17.3 Å². The Morgan fingerprint density at radius 2 is 1.75 bits per heavy atom. The zero-order valence-corrected chi connectivity index (χ0v) is 16.9. The van der Waals surface area contributed by atoms with E-state index in [1.807, 2.05) is 24.3 Å². The molecule has 0 aliphatic carbocycles. The van der Waals surface area contributed by atoms with E-state index in [2.05, 4.69) is 61.2 Å². The summed E-state index contributed by atoms with van der Waals surface area (Å²) in [5.41, 5.74) is 3.20. The molecule has 1 amide bonds. The van der Waals surface area contributed by atoms with Crippen molar-refractivity contribution in [2.24, 2.45) is 5.92 Å². The van der Waals surface area contributed by atoms with Crippen LogP contribution in [0.4, 0.5) is 5.69 Å². The molecule has 0 fully saturated rings. The van der Waals surface area contributed by atoms with Gasteiger partial charge in [0.1, 0.15) is 0 Å². The maximum Gasteiger partial charge on any atom is 0.259 e. The molecule has 0 unspecified atom stereocenters. The Morgan fingerprint density at radius 3 is 2.57 bits per heavy atom. The second kappa shape index (κ2) is 8.18. The molecule has 0 radical (unpaired) electrons. The molecule has 3 aromatic carbocycles. The number of nitrogens with zero attached hydrogens (tertiary/aromatic N) is 1. The summed E-state index contributed by atoms with van der Waals surface area (Å²) in [6.07, 6.45) is 5.54. The summed E-state index contributed by atoms with van der Waals surface area (Å²) >= 11 is 0. The highest BCUT2D eigenvalue weighted by atomic mass is 16.2. The zero-order valence-electron chi connectivity index (χ0n) is 16.9. The highest BCUT2D eigenvalue weighted by molar-refractivity contribution is 6.14. The Balaban J connectivity index is 1.83. The summed E-state index contributed by atoms with van der Waals surface area (Å²) in [6, 6.07) is 23.0. The number of benzene rings is 3. The van der Waals surface area contributed by atoms with Gasteiger partial charge in [-0.15, -0.1) is 0 Å². The maximum atomic E-state index is 13.9. The van der Waals surface area contributed by atoms with E-state index in [9.17, 15) is 4.79 Å². The van der Waals surface area contributed by atoms with Crippen LogP contribution in [0, 0.1) is 5.92 Å². The minimum atomic E-state index is 0.142. The largest absolute Gasteiger partial charge is 0.305 e. The third-order valence-electron chi connectivity index (χ3n) is 6.26. The predicted octanol–water partition coefficient (Wildman–Crippen LogP) is 6.63. The summed E-state index contributed by atoms with van der Waals surface area (Å²) in [5, 5.41) is 2.16. The Hall–Kier alpha value is -2.61. The van der Waals surface area contributed by atoms with Crippen LogP contribution in [0.5, 0.6) is 0 Å². The van der Waals surface area contributed by atoms with Gasteiger partial charge in [-0.3, -0.25) is 4.79 Å². The van der Waals surface area contributed by atoms with Crippen molar-refractivity contribution >= 4 is 22.4 Å². The lowest BCUT2D eigenvalue weighted by Gasteiger charge is -2.41. The highest BCUT2D eigenvalue weighted by Crippen LogP contribution is 2.37. The fraction of sp³-hybridized carbons (Fsp3) is 0.346. The Labute approximate surface area is 168 Å². The van der Waals surface area contributed by atoms with E-state index in [-0.39, 0.29) is 11.9 Å². The quantitative estimate of drug-likeness (QED) is 0.493. The normalized spacial score (nSPS) is 17.4. The van der Waals surface area contributed by atoms with Gasteiger partial charge in [-0.1, -0.05) is 81.3 Å². The Kier molecular flexibility index (Phi) is 5.47. The predicted molar refractivity (Wildman–Crippen MR) is 118 cm³/mol. The first-order chi connectivity index (χ1) is 13.7. The molecule has 28 heavy (non-hydrogen) atoms. The summed E-state index contributed by atoms with van der Waals surface area (Å²) in [5.74, 6) is 0.681. The van der Waals surface area contributed by atoms with Gasteiger partial charge in [0.25, 0.3) is 5.91 Å². The number of anilines is 1. The minimum Gasteiger partial charge on any atom is -0.305 e. The smallest absolute Gasteiger partial charge is 0.259 e. The summed E-state index contributed by atoms with van der Waals surface area (Å²) < 4.78 is 0. The second-order valence-electron chi connectivity index (χ2n) is 7.89. The molecule has 0 saturated carbocycles. The number of carbonyl (C=O) groups excluding carboxylic acids is 1. The monoisotopic (exact) mass is 371 g/mol. The van der Waals surface area contributed by atoms with Crippen LogP contribution in [0.3, 0.4) is 0 Å². The lowest BCUT2D eigenvalue weighted by Crippen LogP contribution is -2.47. The Bertz CT molecular complexity index is 972. The van der Waals surface area contributed by atoms with Crippen molar-refractivity contribution in [1.82, 2.24) is 0 Å². The van der Waals surface area contributed by atoms with Crippen LogP contribution in [0.15, 0.2) is 66.7 Å². The first-order valence-electron chi connectivity index (χ1n) is 10.6. The molecule has 3 aromatic rings. The second-order valence-corrected chi connectivity index (χ2v) is 7.89. The number of aryl methyl sites for hydroxylation is 1. The van der Waals surface area contributed by atoms with Gasteiger partial charge in [-0.2, -0.15) is 0 Å². The van der Waals surface area contributed by atoms with E-state index < -0.39 is 0 Å². The van der Waals surface area contributed by atoms with Crippen molar-refractivity contribution in [2.75, 3.05) is 4.90 Å². The van der Waals surface area contributed by atoms with Gasteiger partial charge in [-0.25, -0.2) is 0 Å². The van der Waals surface area contributed by atoms with Crippen LogP contribution < -0.4 is 4.90 Å². The van der Waals surface area contributed by atoms with E-state index in [1.165, 1.54) is 12.0 Å². The molecule has 144 valence electrons. The molecule has 0 aromatic heterocycles. The molecule has 0 N–H and O–H groups in total. The van der Waals surface area contributed by atoms with Gasteiger partial charge in [0.15, 0.2) is 0 Å². The topological polar surface area (TPSA) is 20.3 Å². The van der Waals surface area contributed by atoms with Crippen LogP contribution in [-0.4, -0.2) is 11.9 Å². The Morgan fingerprint density at radius 1 is 1.00 bits per heavy atom. The molecule has 1 aliphatic heterocycles. The van der Waals surface area contributed by atoms with Gasteiger partial charge in [0.2, 0.25) is 0 Å². The minimum absolute atomic E-state index is 0.142. The first-order valence-corrected chi connectivity index (χ1v) is 10.6. The van der Waals surface area contributed by atoms with E-state index in [0.717, 1.165) is 47.7 Å². The fourth-order valence-electron chi connectivity index (χ4n) is 4.86. The van der Waals surface area contributed by atoms with Crippen molar-refractivity contribution in [3.63, 3.8) is 0 Å². The zero-order chi connectivity index (χ0) is 19.5. The number of hydrogen-bond acceptors (Lipinski definition) is 1. The molecule has 0 bridgehead atoms. The molecule has 2 heteroatoms. The lowest BCUT2D eigenvalue weighted by molar-refractivity contribution is 0.0961. The third-order valence-corrected chi connectivity index (χ3v) is 6.26. The maximum absolute atomic E-state index is 13.9. The average Bonchev–Trinajstić information content (AvgIpc) is 2.76.